The second kappa shape index (κ2) is 10.7. The molecule has 1 aromatic heterocycles. The molecule has 0 saturated carbocycles. The first kappa shape index (κ1) is 23.7. The Morgan fingerprint density at radius 1 is 0.939 bits per heavy atom. The van der Waals surface area contributed by atoms with E-state index in [1.165, 1.54) is 16.8 Å². The molecule has 0 amide bonds. The molecule has 0 aliphatic carbocycles. The Hall–Kier alpha value is -2.42. The standard InChI is InChI=1S/C24H24Cl2N2O5/c1-15-22(32-13-17-4-8-19(26)9-5-17)20(14-31-12-16-2-6-18(25)7-3-16)33-23(15)28-11-10-21(29)27-24(28)30/h2-11,15,20,22-23H,12-14H2,1H3,(H,27,29,30)/t15-,20-,22+,23-/m1/s1. The fraction of sp³-hybridized carbons (Fsp3) is 0.333. The zero-order chi connectivity index (χ0) is 23.4. The fourth-order valence-corrected chi connectivity index (χ4v) is 4.12. The lowest BCUT2D eigenvalue weighted by atomic mass is 10.0. The van der Waals surface area contributed by atoms with Crippen LogP contribution in [-0.2, 0) is 27.4 Å². The largest absolute Gasteiger partial charge is 0.374 e. The van der Waals surface area contributed by atoms with Crippen LogP contribution in [-0.4, -0.2) is 28.4 Å². The summed E-state index contributed by atoms with van der Waals surface area (Å²) in [6.45, 7) is 2.97. The van der Waals surface area contributed by atoms with E-state index in [2.05, 4.69) is 4.98 Å². The van der Waals surface area contributed by atoms with Crippen molar-refractivity contribution in [3.05, 3.63) is 103 Å². The van der Waals surface area contributed by atoms with E-state index in [4.69, 9.17) is 37.4 Å². The molecular formula is C24H24Cl2N2O5. The molecule has 3 aromatic rings. The highest BCUT2D eigenvalue weighted by atomic mass is 35.5. The molecule has 4 rings (SSSR count). The number of ether oxygens (including phenoxy) is 3. The van der Waals surface area contributed by atoms with Gasteiger partial charge in [0.05, 0.1) is 25.9 Å². The summed E-state index contributed by atoms with van der Waals surface area (Å²) in [7, 11) is 0. The number of benzene rings is 2. The van der Waals surface area contributed by atoms with Gasteiger partial charge in [-0.05, 0) is 35.4 Å². The molecule has 0 bridgehead atoms. The number of H-pyrrole nitrogens is 1. The van der Waals surface area contributed by atoms with Gasteiger partial charge in [0.15, 0.2) is 0 Å². The van der Waals surface area contributed by atoms with Crippen LogP contribution in [0.1, 0.15) is 24.3 Å². The Morgan fingerprint density at radius 3 is 2.15 bits per heavy atom. The number of rotatable bonds is 8. The summed E-state index contributed by atoms with van der Waals surface area (Å²) in [5.41, 5.74) is 0.966. The molecule has 1 saturated heterocycles. The molecule has 1 aliphatic heterocycles. The third kappa shape index (κ3) is 5.93. The van der Waals surface area contributed by atoms with Crippen LogP contribution >= 0.6 is 23.2 Å². The molecule has 7 nitrogen and oxygen atoms in total. The maximum atomic E-state index is 12.4. The number of halogens is 2. The lowest BCUT2D eigenvalue weighted by Gasteiger charge is -2.22. The van der Waals surface area contributed by atoms with Gasteiger partial charge in [-0.25, -0.2) is 4.79 Å². The number of nitrogens with zero attached hydrogens (tertiary/aromatic N) is 1. The molecule has 174 valence electrons. The number of hydrogen-bond donors (Lipinski definition) is 1. The monoisotopic (exact) mass is 490 g/mol. The molecule has 9 heteroatoms. The molecule has 33 heavy (non-hydrogen) atoms. The molecule has 2 aromatic carbocycles. The molecule has 0 unspecified atom stereocenters. The molecule has 1 N–H and O–H groups in total. The summed E-state index contributed by atoms with van der Waals surface area (Å²) in [6, 6.07) is 16.1. The van der Waals surface area contributed by atoms with Crippen molar-refractivity contribution in [1.29, 1.82) is 0 Å². The van der Waals surface area contributed by atoms with Crippen LogP contribution in [0.4, 0.5) is 0 Å². The zero-order valence-electron chi connectivity index (χ0n) is 17.9. The summed E-state index contributed by atoms with van der Waals surface area (Å²) in [5, 5.41) is 1.32. The Morgan fingerprint density at radius 2 is 1.55 bits per heavy atom. The number of aromatic amines is 1. The van der Waals surface area contributed by atoms with Crippen molar-refractivity contribution in [2.24, 2.45) is 5.92 Å². The highest BCUT2D eigenvalue weighted by molar-refractivity contribution is 6.30. The van der Waals surface area contributed by atoms with Gasteiger partial charge in [0.2, 0.25) is 0 Å². The van der Waals surface area contributed by atoms with Gasteiger partial charge in [-0.3, -0.25) is 14.3 Å². The zero-order valence-corrected chi connectivity index (χ0v) is 19.5. The molecular weight excluding hydrogens is 467 g/mol. The summed E-state index contributed by atoms with van der Waals surface area (Å²) >= 11 is 11.9. The second-order valence-corrected chi connectivity index (χ2v) is 8.86. The first-order valence-electron chi connectivity index (χ1n) is 10.6. The summed E-state index contributed by atoms with van der Waals surface area (Å²) < 4.78 is 19.7. The van der Waals surface area contributed by atoms with E-state index >= 15 is 0 Å². The first-order chi connectivity index (χ1) is 15.9. The van der Waals surface area contributed by atoms with Gasteiger partial charge in [0.1, 0.15) is 12.3 Å². The van der Waals surface area contributed by atoms with Crippen molar-refractivity contribution in [3.8, 4) is 0 Å². The van der Waals surface area contributed by atoms with Crippen LogP contribution in [0.25, 0.3) is 0 Å². The Bertz CT molecular complexity index is 1180. The minimum absolute atomic E-state index is 0.176. The minimum atomic E-state index is -0.603. The van der Waals surface area contributed by atoms with Crippen molar-refractivity contribution < 1.29 is 14.2 Å². The predicted octanol–water partition coefficient (Wildman–Crippen LogP) is 4.18. The van der Waals surface area contributed by atoms with Crippen molar-refractivity contribution in [3.63, 3.8) is 0 Å². The van der Waals surface area contributed by atoms with E-state index in [-0.39, 0.29) is 18.6 Å². The van der Waals surface area contributed by atoms with Crippen LogP contribution in [0.15, 0.2) is 70.4 Å². The lowest BCUT2D eigenvalue weighted by molar-refractivity contribution is -0.0832. The summed E-state index contributed by atoms with van der Waals surface area (Å²) in [5.74, 6) is -0.176. The summed E-state index contributed by atoms with van der Waals surface area (Å²) in [6.07, 6.45) is 0.0852. The average molecular weight is 491 g/mol. The van der Waals surface area contributed by atoms with Gasteiger partial charge in [-0.2, -0.15) is 0 Å². The third-order valence-electron chi connectivity index (χ3n) is 5.59. The predicted molar refractivity (Wildman–Crippen MR) is 126 cm³/mol. The normalized spacial score (nSPS) is 22.5. The van der Waals surface area contributed by atoms with Crippen LogP contribution in [0.5, 0.6) is 0 Å². The maximum absolute atomic E-state index is 12.4. The van der Waals surface area contributed by atoms with Gasteiger partial charge in [-0.1, -0.05) is 54.4 Å². The van der Waals surface area contributed by atoms with E-state index in [0.717, 1.165) is 11.1 Å². The second-order valence-electron chi connectivity index (χ2n) is 7.99. The topological polar surface area (TPSA) is 82.6 Å². The first-order valence-corrected chi connectivity index (χ1v) is 11.3. The molecule has 4 atom stereocenters. The SMILES string of the molecule is C[C@@H]1[C@H](OCc2ccc(Cl)cc2)[C@@H](COCc2ccc(Cl)cc2)O[C@H]1n1ccc(=O)[nH]c1=O. The number of hydrogen-bond acceptors (Lipinski definition) is 5. The molecule has 0 spiro atoms. The van der Waals surface area contributed by atoms with Crippen LogP contribution < -0.4 is 11.2 Å². The molecule has 2 heterocycles. The van der Waals surface area contributed by atoms with Crippen molar-refractivity contribution in [2.75, 3.05) is 6.61 Å². The van der Waals surface area contributed by atoms with Crippen LogP contribution in [0.3, 0.4) is 0 Å². The van der Waals surface area contributed by atoms with E-state index in [0.29, 0.717) is 23.3 Å². The van der Waals surface area contributed by atoms with Crippen molar-refractivity contribution >= 4 is 23.2 Å². The number of nitrogens with one attached hydrogen (secondary N) is 1. The van der Waals surface area contributed by atoms with Crippen molar-refractivity contribution in [2.45, 2.75) is 38.6 Å². The quantitative estimate of drug-likeness (QED) is 0.512. The van der Waals surface area contributed by atoms with Gasteiger partial charge >= 0.3 is 5.69 Å². The minimum Gasteiger partial charge on any atom is -0.374 e. The van der Waals surface area contributed by atoms with Gasteiger partial charge in [-0.15, -0.1) is 0 Å². The van der Waals surface area contributed by atoms with E-state index < -0.39 is 23.6 Å². The summed E-state index contributed by atoms with van der Waals surface area (Å²) in [4.78, 5) is 26.1. The molecule has 0 radical (unpaired) electrons. The van der Waals surface area contributed by atoms with E-state index in [1.54, 1.807) is 0 Å². The van der Waals surface area contributed by atoms with Crippen molar-refractivity contribution in [1.82, 2.24) is 9.55 Å². The van der Waals surface area contributed by atoms with Gasteiger partial charge < -0.3 is 14.2 Å². The average Bonchev–Trinajstić information content (AvgIpc) is 3.10. The van der Waals surface area contributed by atoms with Crippen LogP contribution in [0.2, 0.25) is 10.0 Å². The van der Waals surface area contributed by atoms with Crippen LogP contribution in [0, 0.1) is 5.92 Å². The Balaban J connectivity index is 1.48. The fourth-order valence-electron chi connectivity index (χ4n) is 3.87. The highest BCUT2D eigenvalue weighted by Crippen LogP contribution is 2.36. The Kier molecular flexibility index (Phi) is 7.67. The maximum Gasteiger partial charge on any atom is 0.330 e. The van der Waals surface area contributed by atoms with E-state index in [1.807, 2.05) is 55.5 Å². The molecule has 1 aliphatic rings. The lowest BCUT2D eigenvalue weighted by Crippen LogP contribution is -2.34. The molecule has 1 fully saturated rings. The van der Waals surface area contributed by atoms with Gasteiger partial charge in [0.25, 0.3) is 5.56 Å². The van der Waals surface area contributed by atoms with E-state index in [9.17, 15) is 9.59 Å². The number of aromatic nitrogens is 2. The van der Waals surface area contributed by atoms with Gasteiger partial charge in [0, 0.05) is 28.2 Å². The third-order valence-corrected chi connectivity index (χ3v) is 6.10. The Labute approximate surface area is 200 Å². The smallest absolute Gasteiger partial charge is 0.330 e. The highest BCUT2D eigenvalue weighted by Gasteiger charge is 2.44.